The zero-order valence-corrected chi connectivity index (χ0v) is 21.3. The Labute approximate surface area is 223 Å². The first-order chi connectivity index (χ1) is 18.2. The molecule has 1 saturated heterocycles. The molecule has 3 heterocycles. The van der Waals surface area contributed by atoms with E-state index in [4.69, 9.17) is 21.0 Å². The van der Waals surface area contributed by atoms with Crippen LogP contribution >= 0.6 is 23.4 Å². The highest BCUT2D eigenvalue weighted by Crippen LogP contribution is 2.37. The molecule has 0 spiro atoms. The summed E-state index contributed by atoms with van der Waals surface area (Å²) in [6.07, 6.45) is 5.65. The number of furan rings is 1. The molecule has 5 aromatic rings. The van der Waals surface area contributed by atoms with Gasteiger partial charge in [0.05, 0.1) is 23.4 Å². The third kappa shape index (κ3) is 4.86. The Hall–Kier alpha value is -4.00. The lowest BCUT2D eigenvalue weighted by atomic mass is 10.1. The highest BCUT2D eigenvalue weighted by molar-refractivity contribution is 8.18. The minimum atomic E-state index is -0.0981. The number of aromatic nitrogens is 1. The Morgan fingerprint density at radius 3 is 2.49 bits per heavy atom. The lowest BCUT2D eigenvalue weighted by Crippen LogP contribution is -2.28. The van der Waals surface area contributed by atoms with Crippen LogP contribution in [0.2, 0.25) is 5.02 Å². The van der Waals surface area contributed by atoms with E-state index < -0.39 is 0 Å². The summed E-state index contributed by atoms with van der Waals surface area (Å²) >= 11 is 7.82. The van der Waals surface area contributed by atoms with E-state index in [0.717, 1.165) is 32.7 Å². The largest absolute Gasteiger partial charge is 0.467 e. The number of carbonyl (C=O) groups is 1. The summed E-state index contributed by atoms with van der Waals surface area (Å²) in [4.78, 5) is 20.7. The van der Waals surface area contributed by atoms with Crippen molar-refractivity contribution >= 4 is 57.1 Å². The van der Waals surface area contributed by atoms with Crippen molar-refractivity contribution in [2.45, 2.75) is 13.1 Å². The van der Waals surface area contributed by atoms with Gasteiger partial charge in [-0.15, -0.1) is 0 Å². The summed E-state index contributed by atoms with van der Waals surface area (Å²) in [7, 11) is 0. The number of nitrogens with zero attached hydrogens (tertiary/aromatic N) is 3. The van der Waals surface area contributed by atoms with E-state index in [9.17, 15) is 4.79 Å². The molecule has 0 bridgehead atoms. The van der Waals surface area contributed by atoms with Crippen molar-refractivity contribution in [2.75, 3.05) is 0 Å². The Kier molecular flexibility index (Phi) is 6.43. The number of benzene rings is 3. The molecule has 1 fully saturated rings. The van der Waals surface area contributed by atoms with E-state index in [-0.39, 0.29) is 5.91 Å². The van der Waals surface area contributed by atoms with Crippen LogP contribution in [0.1, 0.15) is 16.9 Å². The molecule has 5 nitrogen and oxygen atoms in total. The maximum absolute atomic E-state index is 13.6. The quantitative estimate of drug-likeness (QED) is 0.214. The summed E-state index contributed by atoms with van der Waals surface area (Å²) in [5, 5.41) is 2.43. The molecule has 3 aromatic carbocycles. The first-order valence-corrected chi connectivity index (χ1v) is 13.0. The topological polar surface area (TPSA) is 50.7 Å². The molecule has 37 heavy (non-hydrogen) atoms. The number of rotatable bonds is 6. The van der Waals surface area contributed by atoms with Crippen LogP contribution in [0, 0.1) is 0 Å². The van der Waals surface area contributed by atoms with Gasteiger partial charge in [-0.1, -0.05) is 66.2 Å². The molecule has 7 heteroatoms. The first kappa shape index (κ1) is 23.4. The Morgan fingerprint density at radius 2 is 1.68 bits per heavy atom. The van der Waals surface area contributed by atoms with Gasteiger partial charge < -0.3 is 8.98 Å². The van der Waals surface area contributed by atoms with Gasteiger partial charge in [0.15, 0.2) is 5.17 Å². The van der Waals surface area contributed by atoms with E-state index in [1.165, 1.54) is 11.8 Å². The van der Waals surface area contributed by atoms with Crippen molar-refractivity contribution < 1.29 is 9.21 Å². The van der Waals surface area contributed by atoms with E-state index >= 15 is 0 Å². The number of hydrogen-bond donors (Lipinski definition) is 0. The molecule has 182 valence electrons. The minimum absolute atomic E-state index is 0.0981. The molecule has 0 aliphatic carbocycles. The van der Waals surface area contributed by atoms with Crippen molar-refractivity contribution in [3.8, 4) is 0 Å². The fourth-order valence-electron chi connectivity index (χ4n) is 4.37. The molecule has 0 atom stereocenters. The highest BCUT2D eigenvalue weighted by Gasteiger charge is 2.34. The van der Waals surface area contributed by atoms with Gasteiger partial charge in [0.25, 0.3) is 5.91 Å². The van der Waals surface area contributed by atoms with Crippen LogP contribution in [0.3, 0.4) is 0 Å². The fourth-order valence-corrected chi connectivity index (χ4v) is 5.56. The number of fused-ring (bicyclic) bond motifs is 1. The smallest absolute Gasteiger partial charge is 0.267 e. The summed E-state index contributed by atoms with van der Waals surface area (Å²) in [6, 6.07) is 29.4. The van der Waals surface area contributed by atoms with Crippen LogP contribution in [0.25, 0.3) is 17.0 Å². The van der Waals surface area contributed by atoms with Crippen molar-refractivity contribution in [2.24, 2.45) is 4.99 Å². The molecule has 0 radical (unpaired) electrons. The van der Waals surface area contributed by atoms with E-state index in [1.807, 2.05) is 84.9 Å². The summed E-state index contributed by atoms with van der Waals surface area (Å²) in [5.74, 6) is 0.603. The van der Waals surface area contributed by atoms with Crippen LogP contribution < -0.4 is 0 Å². The number of amides is 1. The van der Waals surface area contributed by atoms with E-state index in [2.05, 4.69) is 22.9 Å². The molecule has 1 aliphatic heterocycles. The number of thioether (sulfide) groups is 1. The van der Waals surface area contributed by atoms with Gasteiger partial charge in [0.2, 0.25) is 0 Å². The molecule has 2 aromatic heterocycles. The number of hydrogen-bond acceptors (Lipinski definition) is 4. The number of aliphatic imine (C=N–C) groups is 1. The molecule has 0 saturated carbocycles. The highest BCUT2D eigenvalue weighted by atomic mass is 35.5. The standard InChI is InChI=1S/C30H22ClN3O2S/c31-26-14-6-4-9-21(26)18-33-19-22(25-13-5-7-15-27(25)33)17-28-29(35)34(20-24-12-8-16-36-24)30(37-28)32-23-10-2-1-3-11-23/h1-17,19H,18,20H2. The van der Waals surface area contributed by atoms with Crippen molar-refractivity contribution in [3.05, 3.63) is 130 Å². The normalized spacial score (nSPS) is 15.9. The maximum atomic E-state index is 13.6. The molecule has 0 N–H and O–H groups in total. The lowest BCUT2D eigenvalue weighted by molar-refractivity contribution is -0.122. The van der Waals surface area contributed by atoms with Crippen LogP contribution in [-0.4, -0.2) is 20.5 Å². The predicted octanol–water partition coefficient (Wildman–Crippen LogP) is 7.74. The number of carbonyl (C=O) groups excluding carboxylic acids is 1. The summed E-state index contributed by atoms with van der Waals surface area (Å²) < 4.78 is 7.70. The molecular formula is C30H22ClN3O2S. The Bertz CT molecular complexity index is 1640. The van der Waals surface area contributed by atoms with Crippen molar-refractivity contribution in [1.29, 1.82) is 0 Å². The third-order valence-electron chi connectivity index (χ3n) is 6.17. The number of halogens is 1. The van der Waals surface area contributed by atoms with Gasteiger partial charge in [-0.25, -0.2) is 4.99 Å². The third-order valence-corrected chi connectivity index (χ3v) is 7.54. The Balaban J connectivity index is 1.39. The van der Waals surface area contributed by atoms with Gasteiger partial charge in [0, 0.05) is 34.2 Å². The Morgan fingerprint density at radius 1 is 0.892 bits per heavy atom. The molecule has 1 amide bonds. The van der Waals surface area contributed by atoms with Crippen molar-refractivity contribution in [3.63, 3.8) is 0 Å². The minimum Gasteiger partial charge on any atom is -0.467 e. The average Bonchev–Trinajstić information content (AvgIpc) is 3.63. The molecule has 6 rings (SSSR count). The monoisotopic (exact) mass is 523 g/mol. The second kappa shape index (κ2) is 10.2. The van der Waals surface area contributed by atoms with Crippen LogP contribution in [0.4, 0.5) is 5.69 Å². The predicted molar refractivity (Wildman–Crippen MR) is 151 cm³/mol. The maximum Gasteiger partial charge on any atom is 0.267 e. The zero-order valence-electron chi connectivity index (χ0n) is 19.8. The van der Waals surface area contributed by atoms with Gasteiger partial charge in [-0.2, -0.15) is 0 Å². The van der Waals surface area contributed by atoms with E-state index in [0.29, 0.717) is 28.9 Å². The molecule has 1 aliphatic rings. The van der Waals surface area contributed by atoms with Crippen LogP contribution in [-0.2, 0) is 17.9 Å². The van der Waals surface area contributed by atoms with Gasteiger partial charge in [0.1, 0.15) is 5.76 Å². The first-order valence-electron chi connectivity index (χ1n) is 11.8. The SMILES string of the molecule is O=C1C(=Cc2cn(Cc3ccccc3Cl)c3ccccc23)SC(=Nc2ccccc2)N1Cc1ccco1. The van der Waals surface area contributed by atoms with Gasteiger partial charge >= 0.3 is 0 Å². The van der Waals surface area contributed by atoms with Crippen molar-refractivity contribution in [1.82, 2.24) is 9.47 Å². The van der Waals surface area contributed by atoms with Gasteiger partial charge in [-0.3, -0.25) is 9.69 Å². The molecular weight excluding hydrogens is 502 g/mol. The van der Waals surface area contributed by atoms with Crippen LogP contribution in [0.5, 0.6) is 0 Å². The lowest BCUT2D eigenvalue weighted by Gasteiger charge is -2.13. The zero-order chi connectivity index (χ0) is 25.2. The molecule has 0 unspecified atom stereocenters. The second-order valence-corrected chi connectivity index (χ2v) is 10.0. The number of amidine groups is 1. The summed E-state index contributed by atoms with van der Waals surface area (Å²) in [6.45, 7) is 0.950. The number of para-hydroxylation sites is 2. The van der Waals surface area contributed by atoms with E-state index in [1.54, 1.807) is 11.2 Å². The fraction of sp³-hybridized carbons (Fsp3) is 0.0667. The van der Waals surface area contributed by atoms with Gasteiger partial charge in [-0.05, 0) is 59.8 Å². The second-order valence-electron chi connectivity index (χ2n) is 8.63. The summed E-state index contributed by atoms with van der Waals surface area (Å²) in [5.41, 5.74) is 3.88. The van der Waals surface area contributed by atoms with Crippen LogP contribution in [0.15, 0.2) is 118 Å². The average molecular weight is 524 g/mol.